The summed E-state index contributed by atoms with van der Waals surface area (Å²) < 4.78 is 0. The molecule has 0 bridgehead atoms. The molecule has 0 saturated carbocycles. The number of Topliss-reactive ketones (excluding diaryl/α,β-unsaturated/α-hetero) is 2. The Morgan fingerprint density at radius 3 is 2.13 bits per heavy atom. The molecule has 3 N–H and O–H groups in total. The van der Waals surface area contributed by atoms with E-state index in [-0.39, 0.29) is 23.9 Å². The van der Waals surface area contributed by atoms with Crippen LogP contribution in [0.3, 0.4) is 0 Å². The first kappa shape index (κ1) is 19.3. The number of nitrogens with two attached hydrogens (primary N) is 1. The SMILES string of the molecule is CCCCC(CC(C)(O)C(N)=O)C1=C(C)C(=O)C(C)=C(C)C1=O. The van der Waals surface area contributed by atoms with E-state index in [9.17, 15) is 19.5 Å². The van der Waals surface area contributed by atoms with Crippen LogP contribution in [-0.4, -0.2) is 28.2 Å². The molecule has 0 aromatic heterocycles. The highest BCUT2D eigenvalue weighted by Crippen LogP contribution is 2.35. The molecule has 1 amide bonds. The highest BCUT2D eigenvalue weighted by Gasteiger charge is 2.38. The average Bonchev–Trinajstić information content (AvgIpc) is 2.48. The van der Waals surface area contributed by atoms with Crippen molar-refractivity contribution in [1.29, 1.82) is 0 Å². The van der Waals surface area contributed by atoms with E-state index in [2.05, 4.69) is 0 Å². The summed E-state index contributed by atoms with van der Waals surface area (Å²) in [7, 11) is 0. The Morgan fingerprint density at radius 2 is 1.65 bits per heavy atom. The molecule has 0 heterocycles. The minimum atomic E-state index is -1.71. The third kappa shape index (κ3) is 3.96. The van der Waals surface area contributed by atoms with E-state index in [0.29, 0.717) is 28.7 Å². The van der Waals surface area contributed by atoms with Crippen molar-refractivity contribution in [3.05, 3.63) is 22.3 Å². The molecule has 1 aliphatic carbocycles. The standard InChI is InChI=1S/C18H27NO4/c1-6-7-8-13(9-18(5,23)17(19)22)14-12(4)15(20)10(2)11(3)16(14)21/h13,23H,6-9H2,1-5H3,(H2,19,22). The molecule has 128 valence electrons. The van der Waals surface area contributed by atoms with Gasteiger partial charge in [0.05, 0.1) is 0 Å². The molecule has 0 saturated heterocycles. The van der Waals surface area contributed by atoms with Gasteiger partial charge in [0.1, 0.15) is 5.60 Å². The van der Waals surface area contributed by atoms with Gasteiger partial charge in [-0.05, 0) is 46.5 Å². The normalized spacial score (nSPS) is 19.9. The van der Waals surface area contributed by atoms with Gasteiger partial charge < -0.3 is 10.8 Å². The minimum absolute atomic E-state index is 0.0420. The van der Waals surface area contributed by atoms with Crippen molar-refractivity contribution >= 4 is 17.5 Å². The van der Waals surface area contributed by atoms with E-state index < -0.39 is 11.5 Å². The fourth-order valence-electron chi connectivity index (χ4n) is 2.99. The van der Waals surface area contributed by atoms with Crippen molar-refractivity contribution in [2.75, 3.05) is 0 Å². The van der Waals surface area contributed by atoms with Crippen molar-refractivity contribution in [1.82, 2.24) is 0 Å². The van der Waals surface area contributed by atoms with Crippen LogP contribution >= 0.6 is 0 Å². The molecule has 2 atom stereocenters. The summed E-state index contributed by atoms with van der Waals surface area (Å²) >= 11 is 0. The number of carbonyl (C=O) groups excluding carboxylic acids is 3. The number of rotatable bonds is 7. The molecule has 0 fully saturated rings. The monoisotopic (exact) mass is 321 g/mol. The van der Waals surface area contributed by atoms with Crippen LogP contribution in [0, 0.1) is 5.92 Å². The topological polar surface area (TPSA) is 97.5 Å². The van der Waals surface area contributed by atoms with Crippen molar-refractivity contribution in [3.8, 4) is 0 Å². The lowest BCUT2D eigenvalue weighted by molar-refractivity contribution is -0.136. The number of unbranched alkanes of at least 4 members (excludes halogenated alkanes) is 1. The van der Waals surface area contributed by atoms with Crippen LogP contribution in [-0.2, 0) is 14.4 Å². The van der Waals surface area contributed by atoms with Crippen molar-refractivity contribution in [2.24, 2.45) is 11.7 Å². The van der Waals surface area contributed by atoms with Crippen LogP contribution in [0.5, 0.6) is 0 Å². The molecule has 0 spiro atoms. The molecule has 0 radical (unpaired) electrons. The Hall–Kier alpha value is -1.75. The number of aliphatic hydroxyl groups is 1. The summed E-state index contributed by atoms with van der Waals surface area (Å²) in [6, 6.07) is 0. The van der Waals surface area contributed by atoms with Gasteiger partial charge >= 0.3 is 0 Å². The molecule has 5 heteroatoms. The molecule has 0 aromatic carbocycles. The fraction of sp³-hybridized carbons (Fsp3) is 0.611. The molecule has 23 heavy (non-hydrogen) atoms. The summed E-state index contributed by atoms with van der Waals surface area (Å²) in [4.78, 5) is 36.5. The summed E-state index contributed by atoms with van der Waals surface area (Å²) in [5.74, 6) is -1.49. The van der Waals surface area contributed by atoms with Gasteiger partial charge in [0.25, 0.3) is 0 Å². The number of allylic oxidation sites excluding steroid dienone is 4. The average molecular weight is 321 g/mol. The number of hydrogen-bond acceptors (Lipinski definition) is 4. The highest BCUT2D eigenvalue weighted by atomic mass is 16.3. The third-order valence-electron chi connectivity index (χ3n) is 4.72. The molecule has 2 unspecified atom stereocenters. The van der Waals surface area contributed by atoms with Gasteiger partial charge in [0, 0.05) is 22.3 Å². The second-order valence-corrected chi connectivity index (χ2v) is 6.63. The summed E-state index contributed by atoms with van der Waals surface area (Å²) in [6.07, 6.45) is 2.41. The van der Waals surface area contributed by atoms with Gasteiger partial charge in [0.2, 0.25) is 5.91 Å². The molecular weight excluding hydrogens is 294 g/mol. The predicted octanol–water partition coefficient (Wildman–Crippen LogP) is 2.22. The first-order valence-electron chi connectivity index (χ1n) is 8.04. The number of carbonyl (C=O) groups is 3. The van der Waals surface area contributed by atoms with Crippen LogP contribution in [0.15, 0.2) is 22.3 Å². The lowest BCUT2D eigenvalue weighted by Crippen LogP contribution is -2.43. The zero-order valence-corrected chi connectivity index (χ0v) is 14.7. The third-order valence-corrected chi connectivity index (χ3v) is 4.72. The van der Waals surface area contributed by atoms with Crippen LogP contribution in [0.2, 0.25) is 0 Å². The molecule has 0 aliphatic heterocycles. The number of amides is 1. The molecule has 1 rings (SSSR count). The van der Waals surface area contributed by atoms with Crippen LogP contribution in [0.4, 0.5) is 0 Å². The molecule has 0 aromatic rings. The van der Waals surface area contributed by atoms with Gasteiger partial charge in [-0.25, -0.2) is 0 Å². The van der Waals surface area contributed by atoms with Crippen LogP contribution < -0.4 is 5.73 Å². The highest BCUT2D eigenvalue weighted by molar-refractivity contribution is 6.24. The Kier molecular flexibility index (Phi) is 6.05. The fourth-order valence-corrected chi connectivity index (χ4v) is 2.99. The molecule has 5 nitrogen and oxygen atoms in total. The van der Waals surface area contributed by atoms with E-state index in [0.717, 1.165) is 12.8 Å². The summed E-state index contributed by atoms with van der Waals surface area (Å²) in [5.41, 5.74) is 5.29. The molecule has 1 aliphatic rings. The maximum Gasteiger partial charge on any atom is 0.249 e. The quantitative estimate of drug-likeness (QED) is 0.703. The van der Waals surface area contributed by atoms with Gasteiger partial charge in [-0.3, -0.25) is 14.4 Å². The van der Waals surface area contributed by atoms with Gasteiger partial charge in [-0.2, -0.15) is 0 Å². The number of primary amides is 1. The van der Waals surface area contributed by atoms with E-state index >= 15 is 0 Å². The second-order valence-electron chi connectivity index (χ2n) is 6.63. The lowest BCUT2D eigenvalue weighted by Gasteiger charge is -2.30. The summed E-state index contributed by atoms with van der Waals surface area (Å²) in [6.45, 7) is 8.31. The first-order valence-corrected chi connectivity index (χ1v) is 8.04. The van der Waals surface area contributed by atoms with Crippen LogP contribution in [0.1, 0.15) is 60.3 Å². The molecular formula is C18H27NO4. The first-order chi connectivity index (χ1) is 10.5. The number of ketones is 2. The van der Waals surface area contributed by atoms with Gasteiger partial charge in [-0.15, -0.1) is 0 Å². The Morgan fingerprint density at radius 1 is 1.13 bits per heavy atom. The summed E-state index contributed by atoms with van der Waals surface area (Å²) in [5, 5.41) is 10.2. The minimum Gasteiger partial charge on any atom is -0.380 e. The largest absolute Gasteiger partial charge is 0.380 e. The maximum absolute atomic E-state index is 12.7. The zero-order chi connectivity index (χ0) is 17.9. The zero-order valence-electron chi connectivity index (χ0n) is 14.7. The Balaban J connectivity index is 3.29. The maximum atomic E-state index is 12.7. The second kappa shape index (κ2) is 7.21. The van der Waals surface area contributed by atoms with E-state index in [4.69, 9.17) is 5.73 Å². The van der Waals surface area contributed by atoms with Crippen LogP contribution in [0.25, 0.3) is 0 Å². The van der Waals surface area contributed by atoms with Crippen molar-refractivity contribution in [3.63, 3.8) is 0 Å². The lowest BCUT2D eigenvalue weighted by atomic mass is 9.74. The smallest absolute Gasteiger partial charge is 0.249 e. The Labute approximate surface area is 137 Å². The van der Waals surface area contributed by atoms with E-state index in [1.807, 2.05) is 6.92 Å². The van der Waals surface area contributed by atoms with E-state index in [1.165, 1.54) is 6.92 Å². The van der Waals surface area contributed by atoms with E-state index in [1.54, 1.807) is 20.8 Å². The Bertz CT molecular complexity index is 596. The van der Waals surface area contributed by atoms with Gasteiger partial charge in [-0.1, -0.05) is 19.8 Å². The van der Waals surface area contributed by atoms with Gasteiger partial charge in [0.15, 0.2) is 11.6 Å². The number of hydrogen-bond donors (Lipinski definition) is 2. The van der Waals surface area contributed by atoms with Crippen molar-refractivity contribution < 1.29 is 19.5 Å². The van der Waals surface area contributed by atoms with Crippen molar-refractivity contribution in [2.45, 2.75) is 65.9 Å². The predicted molar refractivity (Wildman–Crippen MR) is 88.5 cm³/mol.